The van der Waals surface area contributed by atoms with Gasteiger partial charge in [-0.15, -0.1) is 0 Å². The van der Waals surface area contributed by atoms with Gasteiger partial charge in [0.25, 0.3) is 5.91 Å². The van der Waals surface area contributed by atoms with Crippen LogP contribution in [-0.2, 0) is 9.53 Å². The summed E-state index contributed by atoms with van der Waals surface area (Å²) in [5.74, 6) is -0.317. The first kappa shape index (κ1) is 17.2. The number of furan rings is 1. The van der Waals surface area contributed by atoms with Crippen molar-refractivity contribution in [1.29, 1.82) is 0 Å². The molecule has 1 saturated heterocycles. The van der Waals surface area contributed by atoms with Crippen LogP contribution in [-0.4, -0.2) is 55.0 Å². The van der Waals surface area contributed by atoms with Gasteiger partial charge in [0, 0.05) is 26.2 Å². The Morgan fingerprint density at radius 3 is 2.44 bits per heavy atom. The minimum absolute atomic E-state index is 0.0427. The van der Waals surface area contributed by atoms with Crippen molar-refractivity contribution in [3.05, 3.63) is 59.5 Å². The van der Waals surface area contributed by atoms with Gasteiger partial charge in [-0.1, -0.05) is 24.3 Å². The van der Waals surface area contributed by atoms with Gasteiger partial charge in [-0.05, 0) is 24.1 Å². The third kappa shape index (κ3) is 3.58. The molecule has 2 heterocycles. The number of esters is 1. The molecule has 3 rings (SSSR count). The van der Waals surface area contributed by atoms with Crippen LogP contribution in [0.25, 0.3) is 0 Å². The number of carbonyl (C=O) groups is 2. The predicted molar refractivity (Wildman–Crippen MR) is 92.1 cm³/mol. The Hall–Kier alpha value is -2.60. The zero-order valence-corrected chi connectivity index (χ0v) is 14.5. The van der Waals surface area contributed by atoms with E-state index in [2.05, 4.69) is 4.90 Å². The number of aryl methyl sites for hydroxylation is 1. The van der Waals surface area contributed by atoms with Crippen molar-refractivity contribution in [2.75, 3.05) is 33.3 Å². The Kier molecular flexibility index (Phi) is 5.19. The third-order valence-corrected chi connectivity index (χ3v) is 4.64. The molecule has 1 atom stereocenters. The van der Waals surface area contributed by atoms with Gasteiger partial charge >= 0.3 is 5.97 Å². The number of amides is 1. The molecule has 0 unspecified atom stereocenters. The van der Waals surface area contributed by atoms with Gasteiger partial charge in [0.1, 0.15) is 12.3 Å². The number of methoxy groups -OCH3 is 1. The molecule has 0 N–H and O–H groups in total. The number of ether oxygens (including phenoxy) is 1. The fraction of sp³-hybridized carbons (Fsp3) is 0.368. The minimum atomic E-state index is -0.447. The quantitative estimate of drug-likeness (QED) is 0.798. The van der Waals surface area contributed by atoms with Crippen LogP contribution < -0.4 is 0 Å². The van der Waals surface area contributed by atoms with Gasteiger partial charge in [-0.2, -0.15) is 0 Å². The van der Waals surface area contributed by atoms with Gasteiger partial charge in [0.15, 0.2) is 0 Å². The largest absolute Gasteiger partial charge is 0.472 e. The molecular weight excluding hydrogens is 320 g/mol. The molecule has 0 spiro atoms. The molecule has 1 amide bonds. The second-order valence-corrected chi connectivity index (χ2v) is 6.12. The summed E-state index contributed by atoms with van der Waals surface area (Å²) in [6.45, 7) is 4.33. The van der Waals surface area contributed by atoms with E-state index in [1.807, 2.05) is 31.2 Å². The van der Waals surface area contributed by atoms with Crippen LogP contribution in [0.15, 0.2) is 47.3 Å². The maximum Gasteiger partial charge on any atom is 0.327 e. The highest BCUT2D eigenvalue weighted by atomic mass is 16.5. The first-order valence-corrected chi connectivity index (χ1v) is 8.30. The van der Waals surface area contributed by atoms with Crippen molar-refractivity contribution in [2.24, 2.45) is 0 Å². The van der Waals surface area contributed by atoms with E-state index in [-0.39, 0.29) is 11.9 Å². The average molecular weight is 342 g/mol. The molecule has 1 aliphatic rings. The monoisotopic (exact) mass is 342 g/mol. The first-order chi connectivity index (χ1) is 12.1. The molecule has 0 radical (unpaired) electrons. The summed E-state index contributed by atoms with van der Waals surface area (Å²) in [6.07, 6.45) is 2.95. The summed E-state index contributed by atoms with van der Waals surface area (Å²) in [5.41, 5.74) is 2.55. The second kappa shape index (κ2) is 7.53. The highest BCUT2D eigenvalue weighted by Gasteiger charge is 2.33. The summed E-state index contributed by atoms with van der Waals surface area (Å²) >= 11 is 0. The van der Waals surface area contributed by atoms with Gasteiger partial charge in [0.05, 0.1) is 18.9 Å². The SMILES string of the molecule is COC(=O)[C@H](c1ccccc1C)N1CCN(C(=O)c2ccoc2)CC1. The van der Waals surface area contributed by atoms with E-state index in [4.69, 9.17) is 9.15 Å². The van der Waals surface area contributed by atoms with Crippen molar-refractivity contribution in [3.8, 4) is 0 Å². The summed E-state index contributed by atoms with van der Waals surface area (Å²) in [6, 6.07) is 9.05. The van der Waals surface area contributed by atoms with Crippen molar-refractivity contribution < 1.29 is 18.7 Å². The van der Waals surface area contributed by atoms with Crippen LogP contribution in [0, 0.1) is 6.92 Å². The molecule has 2 aromatic rings. The van der Waals surface area contributed by atoms with Gasteiger partial charge in [-0.3, -0.25) is 9.69 Å². The lowest BCUT2D eigenvalue weighted by molar-refractivity contribution is -0.148. The number of hydrogen-bond acceptors (Lipinski definition) is 5. The van der Waals surface area contributed by atoms with Gasteiger partial charge < -0.3 is 14.1 Å². The number of rotatable bonds is 4. The van der Waals surface area contributed by atoms with E-state index in [0.717, 1.165) is 11.1 Å². The number of hydrogen-bond donors (Lipinski definition) is 0. The second-order valence-electron chi connectivity index (χ2n) is 6.12. The highest BCUT2D eigenvalue weighted by Crippen LogP contribution is 2.26. The smallest absolute Gasteiger partial charge is 0.327 e. The lowest BCUT2D eigenvalue weighted by atomic mass is 9.99. The molecule has 1 fully saturated rings. The molecule has 0 bridgehead atoms. The molecule has 132 valence electrons. The van der Waals surface area contributed by atoms with Gasteiger partial charge in [0.2, 0.25) is 0 Å². The Bertz CT molecular complexity index is 734. The predicted octanol–water partition coefficient (Wildman–Crippen LogP) is 2.26. The van der Waals surface area contributed by atoms with E-state index in [9.17, 15) is 9.59 Å². The molecule has 1 aromatic heterocycles. The zero-order valence-electron chi connectivity index (χ0n) is 14.5. The standard InChI is InChI=1S/C19H22N2O4/c1-14-5-3-4-6-16(14)17(19(23)24-2)20-8-10-21(11-9-20)18(22)15-7-12-25-13-15/h3-7,12-13,17H,8-11H2,1-2H3/t17-/m0/s1. The van der Waals surface area contributed by atoms with Crippen molar-refractivity contribution in [2.45, 2.75) is 13.0 Å². The molecule has 6 heteroatoms. The maximum atomic E-state index is 12.4. The molecule has 25 heavy (non-hydrogen) atoms. The van der Waals surface area contributed by atoms with Crippen LogP contribution in [0.4, 0.5) is 0 Å². The third-order valence-electron chi connectivity index (χ3n) is 4.64. The summed E-state index contributed by atoms with van der Waals surface area (Å²) in [4.78, 5) is 28.7. The van der Waals surface area contributed by atoms with Crippen LogP contribution in [0.3, 0.4) is 0 Å². The molecule has 1 aromatic carbocycles. The molecule has 1 aliphatic heterocycles. The minimum Gasteiger partial charge on any atom is -0.472 e. The number of carbonyl (C=O) groups excluding carboxylic acids is 2. The van der Waals surface area contributed by atoms with E-state index in [1.165, 1.54) is 19.6 Å². The molecule has 6 nitrogen and oxygen atoms in total. The average Bonchev–Trinajstić information content (AvgIpc) is 3.18. The number of benzene rings is 1. The normalized spacial score (nSPS) is 16.5. The lowest BCUT2D eigenvalue weighted by Crippen LogP contribution is -2.51. The Labute approximate surface area is 147 Å². The maximum absolute atomic E-state index is 12.4. The van der Waals surface area contributed by atoms with E-state index < -0.39 is 6.04 Å². The highest BCUT2D eigenvalue weighted by molar-refractivity contribution is 5.93. The van der Waals surface area contributed by atoms with E-state index in [1.54, 1.807) is 11.0 Å². The van der Waals surface area contributed by atoms with Gasteiger partial charge in [-0.25, -0.2) is 4.79 Å². The molecular formula is C19H22N2O4. The van der Waals surface area contributed by atoms with Crippen molar-refractivity contribution in [3.63, 3.8) is 0 Å². The van der Waals surface area contributed by atoms with Crippen molar-refractivity contribution >= 4 is 11.9 Å². The van der Waals surface area contributed by atoms with Crippen molar-refractivity contribution in [1.82, 2.24) is 9.80 Å². The van der Waals surface area contributed by atoms with Crippen LogP contribution in [0.5, 0.6) is 0 Å². The Morgan fingerprint density at radius 1 is 1.12 bits per heavy atom. The van der Waals surface area contributed by atoms with E-state index >= 15 is 0 Å². The number of nitrogens with zero attached hydrogens (tertiary/aromatic N) is 2. The van der Waals surface area contributed by atoms with Crippen LogP contribution in [0.1, 0.15) is 27.5 Å². The summed E-state index contributed by atoms with van der Waals surface area (Å²) in [7, 11) is 1.41. The topological polar surface area (TPSA) is 63.0 Å². The fourth-order valence-electron chi connectivity index (χ4n) is 3.23. The zero-order chi connectivity index (χ0) is 17.8. The number of piperazine rings is 1. The molecule has 0 aliphatic carbocycles. The van der Waals surface area contributed by atoms with Crippen LogP contribution in [0.2, 0.25) is 0 Å². The Morgan fingerprint density at radius 2 is 1.84 bits per heavy atom. The van der Waals surface area contributed by atoms with Crippen LogP contribution >= 0.6 is 0 Å². The Balaban J connectivity index is 1.73. The molecule has 0 saturated carbocycles. The summed E-state index contributed by atoms with van der Waals surface area (Å²) in [5, 5.41) is 0. The lowest BCUT2D eigenvalue weighted by Gasteiger charge is -2.38. The summed E-state index contributed by atoms with van der Waals surface area (Å²) < 4.78 is 10.0. The fourth-order valence-corrected chi connectivity index (χ4v) is 3.23. The van der Waals surface area contributed by atoms with E-state index in [0.29, 0.717) is 31.7 Å². The first-order valence-electron chi connectivity index (χ1n) is 8.30.